The third-order valence-electron chi connectivity index (χ3n) is 2.50. The zero-order valence-corrected chi connectivity index (χ0v) is 8.42. The molecule has 13 heavy (non-hydrogen) atoms. The summed E-state index contributed by atoms with van der Waals surface area (Å²) < 4.78 is 10.1. The fraction of sp³-hybridized carbons (Fsp3) is 0.700. The summed E-state index contributed by atoms with van der Waals surface area (Å²) in [5.74, 6) is -0.275. The Kier molecular flexibility index (Phi) is 3.09. The largest absolute Gasteiger partial charge is 0.466 e. The third-order valence-corrected chi connectivity index (χ3v) is 2.50. The highest BCUT2D eigenvalue weighted by Gasteiger charge is 2.34. The lowest BCUT2D eigenvalue weighted by Gasteiger charge is -2.39. The van der Waals surface area contributed by atoms with Crippen LogP contribution in [-0.2, 0) is 14.3 Å². The predicted octanol–water partition coefficient (Wildman–Crippen LogP) is 1.67. The van der Waals surface area contributed by atoms with Crippen LogP contribution in [0.2, 0.25) is 0 Å². The molecule has 1 atom stereocenters. The van der Waals surface area contributed by atoms with E-state index in [1.807, 2.05) is 6.08 Å². The van der Waals surface area contributed by atoms with Crippen LogP contribution in [0.5, 0.6) is 0 Å². The highest BCUT2D eigenvalue weighted by molar-refractivity contribution is 5.87. The average Bonchev–Trinajstić information content (AvgIpc) is 2.09. The van der Waals surface area contributed by atoms with E-state index in [0.717, 1.165) is 19.4 Å². The summed E-state index contributed by atoms with van der Waals surface area (Å²) in [5.41, 5.74) is 0.433. The van der Waals surface area contributed by atoms with E-state index in [0.29, 0.717) is 5.57 Å². The van der Waals surface area contributed by atoms with Crippen LogP contribution in [0.4, 0.5) is 0 Å². The third kappa shape index (κ3) is 2.10. The van der Waals surface area contributed by atoms with Gasteiger partial charge >= 0.3 is 5.97 Å². The molecule has 1 aliphatic heterocycles. The molecule has 0 aromatic heterocycles. The number of hydrogen-bond acceptors (Lipinski definition) is 3. The van der Waals surface area contributed by atoms with E-state index in [1.54, 1.807) is 6.92 Å². The molecule has 0 bridgehead atoms. The van der Waals surface area contributed by atoms with Crippen LogP contribution in [-0.4, -0.2) is 25.3 Å². The zero-order chi connectivity index (χ0) is 9.90. The molecule has 1 saturated heterocycles. The van der Waals surface area contributed by atoms with Gasteiger partial charge in [0.15, 0.2) is 0 Å². The molecule has 1 unspecified atom stereocenters. The second-order valence-electron chi connectivity index (χ2n) is 3.34. The van der Waals surface area contributed by atoms with E-state index < -0.39 is 0 Å². The van der Waals surface area contributed by atoms with E-state index in [4.69, 9.17) is 4.74 Å². The molecule has 0 saturated carbocycles. The Balaban J connectivity index is 2.67. The first-order valence-corrected chi connectivity index (χ1v) is 4.55. The van der Waals surface area contributed by atoms with Crippen molar-refractivity contribution in [1.29, 1.82) is 0 Å². The van der Waals surface area contributed by atoms with Crippen molar-refractivity contribution < 1.29 is 14.3 Å². The Hall–Kier alpha value is -0.830. The van der Waals surface area contributed by atoms with Gasteiger partial charge < -0.3 is 9.47 Å². The van der Waals surface area contributed by atoms with Crippen molar-refractivity contribution in [3.8, 4) is 0 Å². The standard InChI is InChI=1S/C10H16O3/c1-4-10(5-6-13-10)7-8(2)9(11)12-3/h7H,4-6H2,1-3H3/b8-7+. The fourth-order valence-corrected chi connectivity index (χ4v) is 1.47. The number of esters is 1. The molecular formula is C10H16O3. The van der Waals surface area contributed by atoms with Crippen molar-refractivity contribution in [3.63, 3.8) is 0 Å². The summed E-state index contributed by atoms with van der Waals surface area (Å²) in [6.07, 6.45) is 3.78. The maximum atomic E-state index is 11.1. The molecule has 1 aliphatic rings. The molecule has 3 nitrogen and oxygen atoms in total. The summed E-state index contributed by atoms with van der Waals surface area (Å²) in [6.45, 7) is 4.60. The van der Waals surface area contributed by atoms with E-state index in [9.17, 15) is 4.79 Å². The van der Waals surface area contributed by atoms with E-state index in [2.05, 4.69) is 11.7 Å². The topological polar surface area (TPSA) is 35.5 Å². The number of hydrogen-bond donors (Lipinski definition) is 0. The summed E-state index contributed by atoms with van der Waals surface area (Å²) in [7, 11) is 1.39. The Labute approximate surface area is 78.7 Å². The van der Waals surface area contributed by atoms with Gasteiger partial charge in [0.05, 0.1) is 19.3 Å². The van der Waals surface area contributed by atoms with Crippen LogP contribution in [0.1, 0.15) is 26.7 Å². The summed E-state index contributed by atoms with van der Waals surface area (Å²) in [6, 6.07) is 0. The van der Waals surface area contributed by atoms with E-state index >= 15 is 0 Å². The predicted molar refractivity (Wildman–Crippen MR) is 49.4 cm³/mol. The zero-order valence-electron chi connectivity index (χ0n) is 8.42. The van der Waals surface area contributed by atoms with Gasteiger partial charge in [0.2, 0.25) is 0 Å². The minimum atomic E-state index is -0.275. The number of ether oxygens (including phenoxy) is 2. The summed E-state index contributed by atoms with van der Waals surface area (Å²) >= 11 is 0. The molecule has 0 aliphatic carbocycles. The van der Waals surface area contributed by atoms with Crippen LogP contribution < -0.4 is 0 Å². The Morgan fingerprint density at radius 1 is 1.69 bits per heavy atom. The maximum Gasteiger partial charge on any atom is 0.333 e. The minimum absolute atomic E-state index is 0.196. The fourth-order valence-electron chi connectivity index (χ4n) is 1.47. The van der Waals surface area contributed by atoms with Crippen molar-refractivity contribution in [2.75, 3.05) is 13.7 Å². The van der Waals surface area contributed by atoms with Crippen molar-refractivity contribution in [1.82, 2.24) is 0 Å². The average molecular weight is 184 g/mol. The van der Waals surface area contributed by atoms with Gasteiger partial charge in [-0.2, -0.15) is 0 Å². The molecule has 0 radical (unpaired) electrons. The monoisotopic (exact) mass is 184 g/mol. The van der Waals surface area contributed by atoms with Crippen LogP contribution in [0.3, 0.4) is 0 Å². The Bertz CT molecular complexity index is 221. The molecule has 0 amide bonds. The molecule has 0 aromatic carbocycles. The number of carbonyl (C=O) groups is 1. The number of carbonyl (C=O) groups excluding carboxylic acids is 1. The number of rotatable bonds is 3. The number of methoxy groups -OCH3 is 1. The van der Waals surface area contributed by atoms with Crippen LogP contribution in [0, 0.1) is 0 Å². The SMILES string of the molecule is CCC1(/C=C(\C)C(=O)OC)CCO1. The van der Waals surface area contributed by atoms with Crippen molar-refractivity contribution in [2.24, 2.45) is 0 Å². The van der Waals surface area contributed by atoms with E-state index in [1.165, 1.54) is 7.11 Å². The first-order chi connectivity index (χ1) is 6.13. The molecule has 3 heteroatoms. The van der Waals surface area contributed by atoms with Crippen molar-refractivity contribution in [2.45, 2.75) is 32.3 Å². The minimum Gasteiger partial charge on any atom is -0.466 e. The lowest BCUT2D eigenvalue weighted by molar-refractivity contribution is -0.137. The normalized spacial score (nSPS) is 28.1. The van der Waals surface area contributed by atoms with Crippen molar-refractivity contribution in [3.05, 3.63) is 11.6 Å². The van der Waals surface area contributed by atoms with Gasteiger partial charge in [-0.25, -0.2) is 4.79 Å². The lowest BCUT2D eigenvalue weighted by atomic mass is 9.89. The van der Waals surface area contributed by atoms with Gasteiger partial charge in [-0.1, -0.05) is 6.92 Å². The van der Waals surface area contributed by atoms with Crippen LogP contribution in [0.25, 0.3) is 0 Å². The lowest BCUT2D eigenvalue weighted by Crippen LogP contribution is -2.41. The van der Waals surface area contributed by atoms with Gasteiger partial charge in [-0.05, 0) is 19.4 Å². The van der Waals surface area contributed by atoms with Gasteiger partial charge in [0.25, 0.3) is 0 Å². The molecule has 74 valence electrons. The molecule has 1 fully saturated rings. The van der Waals surface area contributed by atoms with Gasteiger partial charge in [-0.3, -0.25) is 0 Å². The quantitative estimate of drug-likeness (QED) is 0.494. The van der Waals surface area contributed by atoms with Crippen LogP contribution in [0.15, 0.2) is 11.6 Å². The Morgan fingerprint density at radius 3 is 2.62 bits per heavy atom. The molecule has 0 spiro atoms. The smallest absolute Gasteiger partial charge is 0.333 e. The molecule has 0 N–H and O–H groups in total. The molecule has 0 aromatic rings. The highest BCUT2D eigenvalue weighted by Crippen LogP contribution is 2.32. The summed E-state index contributed by atoms with van der Waals surface area (Å²) in [5, 5.41) is 0. The molecule has 1 heterocycles. The van der Waals surface area contributed by atoms with Gasteiger partial charge in [-0.15, -0.1) is 0 Å². The Morgan fingerprint density at radius 2 is 2.31 bits per heavy atom. The second kappa shape index (κ2) is 3.92. The van der Waals surface area contributed by atoms with Crippen LogP contribution >= 0.6 is 0 Å². The first kappa shape index (κ1) is 10.3. The van der Waals surface area contributed by atoms with Gasteiger partial charge in [0, 0.05) is 12.0 Å². The van der Waals surface area contributed by atoms with Crippen molar-refractivity contribution >= 4 is 5.97 Å². The highest BCUT2D eigenvalue weighted by atomic mass is 16.5. The second-order valence-corrected chi connectivity index (χ2v) is 3.34. The van der Waals surface area contributed by atoms with Gasteiger partial charge in [0.1, 0.15) is 0 Å². The summed E-state index contributed by atoms with van der Waals surface area (Å²) in [4.78, 5) is 11.1. The molecular weight excluding hydrogens is 168 g/mol. The molecule has 1 rings (SSSR count). The van der Waals surface area contributed by atoms with E-state index in [-0.39, 0.29) is 11.6 Å². The maximum absolute atomic E-state index is 11.1. The first-order valence-electron chi connectivity index (χ1n) is 4.55.